The van der Waals surface area contributed by atoms with Gasteiger partial charge in [-0.25, -0.2) is 0 Å². The normalized spacial score (nSPS) is 16.9. The Morgan fingerprint density at radius 3 is 2.65 bits per heavy atom. The minimum atomic E-state index is -0.396. The van der Waals surface area contributed by atoms with Crippen LogP contribution in [-0.4, -0.2) is 18.5 Å². The Balaban J connectivity index is 0.00000200. The van der Waals surface area contributed by atoms with Crippen molar-refractivity contribution in [1.82, 2.24) is 5.32 Å². The second-order valence-corrected chi connectivity index (χ2v) is 5.78. The summed E-state index contributed by atoms with van der Waals surface area (Å²) in [5.41, 5.74) is 6.98. The molecule has 3 nitrogen and oxygen atoms in total. The SMILES string of the molecule is CCCC(N)C(=O)NCC1(c2ccccc2Cl)CC1.Cl. The van der Waals surface area contributed by atoms with Gasteiger partial charge in [0.05, 0.1) is 6.04 Å². The fourth-order valence-corrected chi connectivity index (χ4v) is 2.75. The molecule has 0 aromatic heterocycles. The minimum absolute atomic E-state index is 0. The van der Waals surface area contributed by atoms with Crippen molar-refractivity contribution in [3.05, 3.63) is 34.9 Å². The van der Waals surface area contributed by atoms with Gasteiger partial charge in [-0.15, -0.1) is 12.4 Å². The van der Waals surface area contributed by atoms with Gasteiger partial charge >= 0.3 is 0 Å². The van der Waals surface area contributed by atoms with E-state index < -0.39 is 6.04 Å². The fraction of sp³-hybridized carbons (Fsp3) is 0.533. The molecular weight excluding hydrogens is 295 g/mol. The Kier molecular flexibility index (Phi) is 6.31. The molecule has 0 heterocycles. The Hall–Kier alpha value is -0.770. The summed E-state index contributed by atoms with van der Waals surface area (Å²) in [4.78, 5) is 11.9. The maximum Gasteiger partial charge on any atom is 0.236 e. The lowest BCUT2D eigenvalue weighted by atomic mass is 9.95. The number of hydrogen-bond acceptors (Lipinski definition) is 2. The van der Waals surface area contributed by atoms with Gasteiger partial charge in [-0.3, -0.25) is 4.79 Å². The largest absolute Gasteiger partial charge is 0.354 e. The van der Waals surface area contributed by atoms with Gasteiger partial charge < -0.3 is 11.1 Å². The van der Waals surface area contributed by atoms with E-state index in [1.54, 1.807) is 0 Å². The first-order chi connectivity index (χ1) is 9.09. The van der Waals surface area contributed by atoms with Crippen LogP contribution < -0.4 is 11.1 Å². The summed E-state index contributed by atoms with van der Waals surface area (Å²) < 4.78 is 0. The molecule has 1 aromatic rings. The Morgan fingerprint density at radius 1 is 1.45 bits per heavy atom. The predicted octanol–water partition coefficient (Wildman–Crippen LogP) is 3.04. The molecule has 1 fully saturated rings. The molecule has 5 heteroatoms. The Labute approximate surface area is 131 Å². The topological polar surface area (TPSA) is 55.1 Å². The van der Waals surface area contributed by atoms with E-state index in [4.69, 9.17) is 17.3 Å². The van der Waals surface area contributed by atoms with Crippen molar-refractivity contribution in [1.29, 1.82) is 0 Å². The van der Waals surface area contributed by atoms with E-state index in [9.17, 15) is 4.79 Å². The molecular formula is C15H22Cl2N2O. The summed E-state index contributed by atoms with van der Waals surface area (Å²) in [5, 5.41) is 3.76. The maximum absolute atomic E-state index is 11.9. The fourth-order valence-electron chi connectivity index (χ4n) is 2.41. The molecule has 0 radical (unpaired) electrons. The van der Waals surface area contributed by atoms with Gasteiger partial charge in [-0.05, 0) is 30.9 Å². The van der Waals surface area contributed by atoms with E-state index >= 15 is 0 Å². The smallest absolute Gasteiger partial charge is 0.236 e. The first-order valence-corrected chi connectivity index (χ1v) is 7.25. The van der Waals surface area contributed by atoms with Crippen molar-refractivity contribution in [3.8, 4) is 0 Å². The molecule has 1 unspecified atom stereocenters. The molecule has 1 aliphatic carbocycles. The zero-order valence-electron chi connectivity index (χ0n) is 11.7. The number of hydrogen-bond donors (Lipinski definition) is 2. The highest BCUT2D eigenvalue weighted by molar-refractivity contribution is 6.31. The summed E-state index contributed by atoms with van der Waals surface area (Å²) in [5.74, 6) is -0.0554. The number of benzene rings is 1. The van der Waals surface area contributed by atoms with Crippen LogP contribution in [0.15, 0.2) is 24.3 Å². The summed E-state index contributed by atoms with van der Waals surface area (Å²) in [6.07, 6.45) is 3.79. The molecule has 1 aliphatic rings. The number of carbonyl (C=O) groups is 1. The molecule has 0 spiro atoms. The zero-order valence-corrected chi connectivity index (χ0v) is 13.3. The number of rotatable bonds is 6. The molecule has 0 bridgehead atoms. The van der Waals surface area contributed by atoms with Crippen LogP contribution in [0, 0.1) is 0 Å². The number of halogens is 2. The standard InChI is InChI=1S/C15H21ClN2O.ClH/c1-2-5-13(17)14(19)18-10-15(8-9-15)11-6-3-4-7-12(11)16;/h3-4,6-7,13H,2,5,8-10,17H2,1H3,(H,18,19);1H. The number of nitrogens with two attached hydrogens (primary N) is 1. The summed E-state index contributed by atoms with van der Waals surface area (Å²) in [6, 6.07) is 7.48. The second kappa shape index (κ2) is 7.30. The zero-order chi connectivity index (χ0) is 13.9. The Bertz CT molecular complexity index is 461. The lowest BCUT2D eigenvalue weighted by Gasteiger charge is -2.19. The lowest BCUT2D eigenvalue weighted by molar-refractivity contribution is -0.122. The number of carbonyl (C=O) groups excluding carboxylic acids is 1. The van der Waals surface area contributed by atoms with Crippen molar-refractivity contribution < 1.29 is 4.79 Å². The maximum atomic E-state index is 11.9. The average molecular weight is 317 g/mol. The first-order valence-electron chi connectivity index (χ1n) is 6.87. The van der Waals surface area contributed by atoms with Crippen molar-refractivity contribution in [3.63, 3.8) is 0 Å². The molecule has 112 valence electrons. The third-order valence-electron chi connectivity index (χ3n) is 3.84. The van der Waals surface area contributed by atoms with Crippen LogP contribution in [0.2, 0.25) is 5.02 Å². The van der Waals surface area contributed by atoms with E-state index in [2.05, 4.69) is 5.32 Å². The molecule has 0 aliphatic heterocycles. The highest BCUT2D eigenvalue weighted by Crippen LogP contribution is 2.49. The molecule has 3 N–H and O–H groups in total. The monoisotopic (exact) mass is 316 g/mol. The van der Waals surface area contributed by atoms with E-state index in [0.717, 1.165) is 36.3 Å². The average Bonchev–Trinajstić information content (AvgIpc) is 3.18. The van der Waals surface area contributed by atoms with Crippen LogP contribution >= 0.6 is 24.0 Å². The molecule has 1 atom stereocenters. The summed E-state index contributed by atoms with van der Waals surface area (Å²) in [6.45, 7) is 2.66. The highest BCUT2D eigenvalue weighted by atomic mass is 35.5. The van der Waals surface area contributed by atoms with Gasteiger partial charge in [-0.1, -0.05) is 43.1 Å². The van der Waals surface area contributed by atoms with Crippen LogP contribution in [0.1, 0.15) is 38.2 Å². The van der Waals surface area contributed by atoms with Crippen LogP contribution in [0.25, 0.3) is 0 Å². The second-order valence-electron chi connectivity index (χ2n) is 5.37. The van der Waals surface area contributed by atoms with Gasteiger partial charge in [0, 0.05) is 17.0 Å². The minimum Gasteiger partial charge on any atom is -0.354 e. The van der Waals surface area contributed by atoms with Gasteiger partial charge in [-0.2, -0.15) is 0 Å². The van der Waals surface area contributed by atoms with Crippen LogP contribution in [0.5, 0.6) is 0 Å². The quantitative estimate of drug-likeness (QED) is 0.847. The lowest BCUT2D eigenvalue weighted by Crippen LogP contribution is -2.43. The van der Waals surface area contributed by atoms with Crippen molar-refractivity contribution in [2.75, 3.05) is 6.54 Å². The van der Waals surface area contributed by atoms with Crippen molar-refractivity contribution in [2.24, 2.45) is 5.73 Å². The van der Waals surface area contributed by atoms with Crippen LogP contribution in [-0.2, 0) is 10.2 Å². The third kappa shape index (κ3) is 3.87. The molecule has 1 saturated carbocycles. The van der Waals surface area contributed by atoms with Gasteiger partial charge in [0.25, 0.3) is 0 Å². The summed E-state index contributed by atoms with van der Waals surface area (Å²) in [7, 11) is 0. The van der Waals surface area contributed by atoms with Gasteiger partial charge in [0.1, 0.15) is 0 Å². The molecule has 1 aromatic carbocycles. The van der Waals surface area contributed by atoms with E-state index in [1.807, 2.05) is 31.2 Å². The predicted molar refractivity (Wildman–Crippen MR) is 85.5 cm³/mol. The van der Waals surface area contributed by atoms with Crippen molar-refractivity contribution in [2.45, 2.75) is 44.1 Å². The first kappa shape index (κ1) is 17.3. The molecule has 0 saturated heterocycles. The Morgan fingerprint density at radius 2 is 2.10 bits per heavy atom. The van der Waals surface area contributed by atoms with Gasteiger partial charge in [0.2, 0.25) is 5.91 Å². The summed E-state index contributed by atoms with van der Waals surface area (Å²) >= 11 is 6.24. The van der Waals surface area contributed by atoms with E-state index in [0.29, 0.717) is 6.54 Å². The number of amides is 1. The molecule has 20 heavy (non-hydrogen) atoms. The van der Waals surface area contributed by atoms with Crippen LogP contribution in [0.3, 0.4) is 0 Å². The molecule has 2 rings (SSSR count). The third-order valence-corrected chi connectivity index (χ3v) is 4.17. The highest BCUT2D eigenvalue weighted by Gasteiger charge is 2.45. The van der Waals surface area contributed by atoms with E-state index in [-0.39, 0.29) is 23.7 Å². The van der Waals surface area contributed by atoms with Gasteiger partial charge in [0.15, 0.2) is 0 Å². The van der Waals surface area contributed by atoms with Crippen LogP contribution in [0.4, 0.5) is 0 Å². The van der Waals surface area contributed by atoms with Crippen molar-refractivity contribution >= 4 is 29.9 Å². The number of nitrogens with one attached hydrogen (secondary N) is 1. The van der Waals surface area contributed by atoms with E-state index in [1.165, 1.54) is 0 Å². The molecule has 1 amide bonds.